The van der Waals surface area contributed by atoms with Crippen molar-refractivity contribution in [1.29, 1.82) is 0 Å². The molecule has 1 N–H and O–H groups in total. The topological polar surface area (TPSA) is 41.1 Å². The molecule has 2 unspecified atom stereocenters. The van der Waals surface area contributed by atoms with E-state index < -0.39 is 0 Å². The molecule has 1 aliphatic rings. The van der Waals surface area contributed by atoms with Gasteiger partial charge in [0.1, 0.15) is 0 Å². The van der Waals surface area contributed by atoms with Crippen LogP contribution in [0.4, 0.5) is 5.95 Å². The first-order chi connectivity index (χ1) is 10.1. The van der Waals surface area contributed by atoms with E-state index in [9.17, 15) is 0 Å². The van der Waals surface area contributed by atoms with Crippen LogP contribution in [0.5, 0.6) is 0 Å². The third-order valence-electron chi connectivity index (χ3n) is 4.45. The van der Waals surface area contributed by atoms with Gasteiger partial charge in [-0.25, -0.2) is 9.97 Å². The van der Waals surface area contributed by atoms with E-state index in [1.165, 1.54) is 25.7 Å². The van der Waals surface area contributed by atoms with Crippen molar-refractivity contribution < 1.29 is 0 Å². The fraction of sp³-hybridized carbons (Fsp3) is 0.765. The van der Waals surface area contributed by atoms with Crippen molar-refractivity contribution in [3.05, 3.63) is 18.0 Å². The average molecular weight is 290 g/mol. The average Bonchev–Trinajstić information content (AvgIpc) is 2.47. The zero-order chi connectivity index (χ0) is 15.2. The number of aromatic nitrogens is 2. The van der Waals surface area contributed by atoms with Crippen LogP contribution in [-0.4, -0.2) is 29.6 Å². The van der Waals surface area contributed by atoms with Crippen LogP contribution in [-0.2, 0) is 6.54 Å². The lowest BCUT2D eigenvalue weighted by Gasteiger charge is -2.36. The predicted molar refractivity (Wildman–Crippen MR) is 88.4 cm³/mol. The number of hydrogen-bond acceptors (Lipinski definition) is 4. The van der Waals surface area contributed by atoms with Gasteiger partial charge in [0.05, 0.1) is 0 Å². The Labute approximate surface area is 129 Å². The van der Waals surface area contributed by atoms with E-state index in [2.05, 4.69) is 48.0 Å². The quantitative estimate of drug-likeness (QED) is 0.873. The van der Waals surface area contributed by atoms with E-state index >= 15 is 0 Å². The fourth-order valence-electron chi connectivity index (χ4n) is 3.15. The molecule has 1 aliphatic carbocycles. The highest BCUT2D eigenvalue weighted by Crippen LogP contribution is 2.28. The van der Waals surface area contributed by atoms with E-state index in [1.54, 1.807) is 0 Å². The summed E-state index contributed by atoms with van der Waals surface area (Å²) in [4.78, 5) is 11.4. The summed E-state index contributed by atoms with van der Waals surface area (Å²) >= 11 is 0. The summed E-state index contributed by atoms with van der Waals surface area (Å²) in [5.74, 6) is 2.27. The molecule has 1 saturated carbocycles. The van der Waals surface area contributed by atoms with Crippen molar-refractivity contribution >= 4 is 5.95 Å². The Bertz CT molecular complexity index is 415. The lowest BCUT2D eigenvalue weighted by atomic mass is 9.85. The second-order valence-corrected chi connectivity index (χ2v) is 6.86. The first-order valence-corrected chi connectivity index (χ1v) is 8.32. The summed E-state index contributed by atoms with van der Waals surface area (Å²) < 4.78 is 0. The maximum atomic E-state index is 4.56. The van der Waals surface area contributed by atoms with Crippen LogP contribution in [0, 0.1) is 11.8 Å². The number of nitrogens with zero attached hydrogens (tertiary/aromatic N) is 3. The fourth-order valence-corrected chi connectivity index (χ4v) is 3.15. The Morgan fingerprint density at radius 2 is 1.90 bits per heavy atom. The molecule has 21 heavy (non-hydrogen) atoms. The van der Waals surface area contributed by atoms with Crippen LogP contribution in [0.1, 0.15) is 52.0 Å². The van der Waals surface area contributed by atoms with Crippen LogP contribution in [0.3, 0.4) is 0 Å². The highest BCUT2D eigenvalue weighted by Gasteiger charge is 2.26. The Kier molecular flexibility index (Phi) is 5.97. The van der Waals surface area contributed by atoms with Gasteiger partial charge in [0.25, 0.3) is 0 Å². The molecule has 2 rings (SSSR count). The molecule has 0 spiro atoms. The van der Waals surface area contributed by atoms with Gasteiger partial charge < -0.3 is 10.2 Å². The number of nitrogens with one attached hydrogen (secondary N) is 1. The summed E-state index contributed by atoms with van der Waals surface area (Å²) in [6, 6.07) is 0.587. The second kappa shape index (κ2) is 7.74. The second-order valence-electron chi connectivity index (χ2n) is 6.86. The molecule has 118 valence electrons. The standard InChI is InChI=1S/C17H30N4/c1-13(2)9-18-10-15-11-19-17(20-12-15)21(4)16-8-6-5-7-14(16)3/h11-14,16,18H,5-10H2,1-4H3. The van der Waals surface area contributed by atoms with Gasteiger partial charge >= 0.3 is 0 Å². The van der Waals surface area contributed by atoms with Crippen LogP contribution >= 0.6 is 0 Å². The summed E-state index contributed by atoms with van der Waals surface area (Å²) in [5.41, 5.74) is 1.16. The molecule has 1 aromatic rings. The van der Waals surface area contributed by atoms with Crippen molar-refractivity contribution in [3.63, 3.8) is 0 Å². The van der Waals surface area contributed by atoms with E-state index in [-0.39, 0.29) is 0 Å². The molecule has 0 aromatic carbocycles. The monoisotopic (exact) mass is 290 g/mol. The van der Waals surface area contributed by atoms with Crippen molar-refractivity contribution in [3.8, 4) is 0 Å². The maximum absolute atomic E-state index is 4.56. The van der Waals surface area contributed by atoms with Gasteiger partial charge in [-0.2, -0.15) is 0 Å². The number of anilines is 1. The van der Waals surface area contributed by atoms with E-state index in [0.717, 1.165) is 30.5 Å². The van der Waals surface area contributed by atoms with Crippen LogP contribution in [0.2, 0.25) is 0 Å². The van der Waals surface area contributed by atoms with Crippen LogP contribution in [0.15, 0.2) is 12.4 Å². The Hall–Kier alpha value is -1.16. The number of hydrogen-bond donors (Lipinski definition) is 1. The minimum Gasteiger partial charge on any atom is -0.341 e. The van der Waals surface area contributed by atoms with Crippen molar-refractivity contribution in [2.75, 3.05) is 18.5 Å². The first-order valence-electron chi connectivity index (χ1n) is 8.32. The molecular formula is C17H30N4. The Morgan fingerprint density at radius 1 is 1.24 bits per heavy atom. The zero-order valence-electron chi connectivity index (χ0n) is 14.0. The molecular weight excluding hydrogens is 260 g/mol. The minimum atomic E-state index is 0.587. The molecule has 0 amide bonds. The van der Waals surface area contributed by atoms with Gasteiger partial charge in [-0.1, -0.05) is 33.6 Å². The normalized spacial score (nSPS) is 22.5. The minimum absolute atomic E-state index is 0.587. The van der Waals surface area contributed by atoms with Gasteiger partial charge in [-0.05, 0) is 31.2 Å². The smallest absolute Gasteiger partial charge is 0.225 e. The van der Waals surface area contributed by atoms with Crippen molar-refractivity contribution in [2.45, 2.75) is 59.0 Å². The molecule has 0 aliphatic heterocycles. The van der Waals surface area contributed by atoms with Gasteiger partial charge in [-0.15, -0.1) is 0 Å². The molecule has 0 bridgehead atoms. The van der Waals surface area contributed by atoms with Gasteiger partial charge in [0.2, 0.25) is 5.95 Å². The molecule has 1 heterocycles. The largest absolute Gasteiger partial charge is 0.341 e. The van der Waals surface area contributed by atoms with Crippen molar-refractivity contribution in [2.24, 2.45) is 11.8 Å². The highest BCUT2D eigenvalue weighted by molar-refractivity contribution is 5.30. The summed E-state index contributed by atoms with van der Waals surface area (Å²) in [7, 11) is 2.14. The molecule has 0 radical (unpaired) electrons. The van der Waals surface area contributed by atoms with E-state index in [4.69, 9.17) is 0 Å². The highest BCUT2D eigenvalue weighted by atomic mass is 15.3. The lowest BCUT2D eigenvalue weighted by Crippen LogP contribution is -2.39. The van der Waals surface area contributed by atoms with Gasteiger partial charge in [0.15, 0.2) is 0 Å². The van der Waals surface area contributed by atoms with Crippen LogP contribution in [0.25, 0.3) is 0 Å². The first kappa shape index (κ1) is 16.2. The summed E-state index contributed by atoms with van der Waals surface area (Å²) in [6.07, 6.45) is 9.20. The third-order valence-corrected chi connectivity index (χ3v) is 4.45. The summed E-state index contributed by atoms with van der Waals surface area (Å²) in [5, 5.41) is 3.43. The van der Waals surface area contributed by atoms with Gasteiger partial charge in [-0.3, -0.25) is 0 Å². The predicted octanol–water partition coefficient (Wildman–Crippen LogP) is 3.24. The van der Waals surface area contributed by atoms with Crippen molar-refractivity contribution in [1.82, 2.24) is 15.3 Å². The molecule has 4 heteroatoms. The Balaban J connectivity index is 1.91. The zero-order valence-corrected chi connectivity index (χ0v) is 14.0. The van der Waals surface area contributed by atoms with Crippen LogP contribution < -0.4 is 10.2 Å². The SMILES string of the molecule is CC(C)CNCc1cnc(N(C)C2CCCCC2C)nc1. The molecule has 4 nitrogen and oxygen atoms in total. The molecule has 0 saturated heterocycles. The molecule has 2 atom stereocenters. The maximum Gasteiger partial charge on any atom is 0.225 e. The molecule has 1 aromatic heterocycles. The molecule has 1 fully saturated rings. The number of rotatable bonds is 6. The summed E-state index contributed by atoms with van der Waals surface area (Å²) in [6.45, 7) is 8.66. The van der Waals surface area contributed by atoms with E-state index in [1.807, 2.05) is 12.4 Å². The lowest BCUT2D eigenvalue weighted by molar-refractivity contribution is 0.319. The van der Waals surface area contributed by atoms with Gasteiger partial charge in [0, 0.05) is 37.6 Å². The van der Waals surface area contributed by atoms with E-state index in [0.29, 0.717) is 12.0 Å². The third kappa shape index (κ3) is 4.67. The Morgan fingerprint density at radius 3 is 2.52 bits per heavy atom.